The Morgan fingerprint density at radius 2 is 2.21 bits per heavy atom. The lowest BCUT2D eigenvalue weighted by molar-refractivity contribution is 0.308. The number of hydrogen-bond donors (Lipinski definition) is 2. The second-order valence-corrected chi connectivity index (χ2v) is 7.18. The van der Waals surface area contributed by atoms with Crippen molar-refractivity contribution in [1.82, 2.24) is 24.5 Å². The molecular weight excluding hydrogens is 366 g/mol. The van der Waals surface area contributed by atoms with Crippen molar-refractivity contribution in [2.75, 3.05) is 18.4 Å². The van der Waals surface area contributed by atoms with Crippen LogP contribution in [-0.4, -0.2) is 43.5 Å². The number of pyridine rings is 1. The van der Waals surface area contributed by atoms with Gasteiger partial charge in [0.2, 0.25) is 12.2 Å². The zero-order valence-corrected chi connectivity index (χ0v) is 16.3. The Kier molecular flexibility index (Phi) is 5.24. The summed E-state index contributed by atoms with van der Waals surface area (Å²) in [5, 5.41) is 16.6. The number of aromatic nitrogens is 4. The van der Waals surface area contributed by atoms with Gasteiger partial charge in [0.1, 0.15) is 5.82 Å². The van der Waals surface area contributed by atoms with Gasteiger partial charge in [-0.05, 0) is 31.4 Å². The molecule has 9 nitrogen and oxygen atoms in total. The predicted octanol–water partition coefficient (Wildman–Crippen LogP) is 2.02. The number of guanidine groups is 1. The Bertz CT molecular complexity index is 1060. The van der Waals surface area contributed by atoms with Crippen LogP contribution in [0.4, 0.5) is 5.82 Å². The summed E-state index contributed by atoms with van der Waals surface area (Å²) in [6.45, 7) is 4.19. The maximum atomic E-state index is 8.69. The van der Waals surface area contributed by atoms with Crippen LogP contribution in [0.3, 0.4) is 0 Å². The molecule has 0 aromatic carbocycles. The molecule has 3 aromatic rings. The third-order valence-electron chi connectivity index (χ3n) is 5.27. The molecular formula is C20H23N9. The van der Waals surface area contributed by atoms with E-state index in [1.165, 1.54) is 0 Å². The summed E-state index contributed by atoms with van der Waals surface area (Å²) >= 11 is 0. The number of aryl methyl sites for hydroxylation is 1. The summed E-state index contributed by atoms with van der Waals surface area (Å²) in [6, 6.07) is 6.05. The van der Waals surface area contributed by atoms with Crippen LogP contribution in [-0.2, 0) is 6.54 Å². The molecule has 9 heteroatoms. The van der Waals surface area contributed by atoms with Gasteiger partial charge in [0.15, 0.2) is 5.65 Å². The average Bonchev–Trinajstić information content (AvgIpc) is 3.14. The minimum absolute atomic E-state index is 0.292. The van der Waals surface area contributed by atoms with Crippen LogP contribution < -0.4 is 11.1 Å². The summed E-state index contributed by atoms with van der Waals surface area (Å²) in [4.78, 5) is 14.7. The maximum absolute atomic E-state index is 8.69. The molecule has 29 heavy (non-hydrogen) atoms. The number of aliphatic imine (C=N–C) groups is 1. The van der Waals surface area contributed by atoms with Crippen LogP contribution in [0.15, 0.2) is 41.8 Å². The number of nitriles is 1. The van der Waals surface area contributed by atoms with Crippen molar-refractivity contribution in [3.63, 3.8) is 0 Å². The average molecular weight is 389 g/mol. The molecule has 0 saturated carbocycles. The molecule has 1 saturated heterocycles. The van der Waals surface area contributed by atoms with Gasteiger partial charge in [-0.25, -0.2) is 4.98 Å². The third kappa shape index (κ3) is 3.96. The number of fused-ring (bicyclic) bond motifs is 1. The van der Waals surface area contributed by atoms with Gasteiger partial charge in [-0.15, -0.1) is 4.99 Å². The summed E-state index contributed by atoms with van der Waals surface area (Å²) in [6.07, 6.45) is 9.01. The minimum Gasteiger partial charge on any atom is -0.369 e. The van der Waals surface area contributed by atoms with Gasteiger partial charge in [0.25, 0.3) is 0 Å². The fraction of sp³-hybridized carbons (Fsp3) is 0.350. The van der Waals surface area contributed by atoms with Crippen molar-refractivity contribution in [3.8, 4) is 6.19 Å². The highest BCUT2D eigenvalue weighted by Gasteiger charge is 2.24. The lowest BCUT2D eigenvalue weighted by atomic mass is 9.93. The second kappa shape index (κ2) is 8.14. The van der Waals surface area contributed by atoms with E-state index in [1.807, 2.05) is 40.9 Å². The normalized spacial score (nSPS) is 15.4. The lowest BCUT2D eigenvalue weighted by Gasteiger charge is -2.32. The molecule has 0 atom stereocenters. The van der Waals surface area contributed by atoms with Crippen LogP contribution in [0, 0.1) is 18.4 Å². The Balaban J connectivity index is 1.56. The van der Waals surface area contributed by atoms with E-state index in [-0.39, 0.29) is 0 Å². The highest BCUT2D eigenvalue weighted by Crippen LogP contribution is 2.29. The molecule has 0 unspecified atom stereocenters. The molecule has 4 heterocycles. The third-order valence-corrected chi connectivity index (χ3v) is 5.27. The van der Waals surface area contributed by atoms with Gasteiger partial charge < -0.3 is 16.0 Å². The molecule has 0 aliphatic carbocycles. The van der Waals surface area contributed by atoms with Crippen LogP contribution in [0.5, 0.6) is 0 Å². The molecule has 4 rings (SSSR count). The van der Waals surface area contributed by atoms with Gasteiger partial charge in [-0.3, -0.25) is 4.98 Å². The van der Waals surface area contributed by atoms with Gasteiger partial charge in [-0.1, -0.05) is 6.07 Å². The monoisotopic (exact) mass is 389 g/mol. The Labute approximate surface area is 168 Å². The zero-order chi connectivity index (χ0) is 20.2. The number of anilines is 1. The number of hydrogen-bond acceptors (Lipinski definition) is 6. The summed E-state index contributed by atoms with van der Waals surface area (Å²) in [7, 11) is 0. The summed E-state index contributed by atoms with van der Waals surface area (Å²) in [5.41, 5.74) is 9.91. The van der Waals surface area contributed by atoms with Crippen molar-refractivity contribution in [2.45, 2.75) is 32.2 Å². The molecule has 3 aromatic heterocycles. The van der Waals surface area contributed by atoms with E-state index in [0.29, 0.717) is 18.4 Å². The first-order valence-electron chi connectivity index (χ1n) is 9.61. The van der Waals surface area contributed by atoms with Crippen LogP contribution in [0.25, 0.3) is 5.65 Å². The zero-order valence-electron chi connectivity index (χ0n) is 16.3. The van der Waals surface area contributed by atoms with E-state index >= 15 is 0 Å². The largest absolute Gasteiger partial charge is 0.369 e. The van der Waals surface area contributed by atoms with Crippen molar-refractivity contribution in [2.24, 2.45) is 10.7 Å². The SMILES string of the molecule is Cc1cnn2c(NCc3cccnc3)cc(C3CCN(C(N)=NC#N)CC3)nc12. The van der Waals surface area contributed by atoms with Crippen LogP contribution in [0.2, 0.25) is 0 Å². The van der Waals surface area contributed by atoms with E-state index in [0.717, 1.165) is 54.2 Å². The molecule has 1 fully saturated rings. The minimum atomic E-state index is 0.292. The number of piperidine rings is 1. The number of rotatable bonds is 4. The molecule has 0 spiro atoms. The first-order chi connectivity index (χ1) is 14.2. The van der Waals surface area contributed by atoms with E-state index in [4.69, 9.17) is 16.0 Å². The second-order valence-electron chi connectivity index (χ2n) is 7.18. The number of nitrogens with zero attached hydrogens (tertiary/aromatic N) is 7. The smallest absolute Gasteiger partial charge is 0.209 e. The molecule has 0 bridgehead atoms. The molecule has 148 valence electrons. The molecule has 1 aliphatic heterocycles. The lowest BCUT2D eigenvalue weighted by Crippen LogP contribution is -2.42. The highest BCUT2D eigenvalue weighted by molar-refractivity contribution is 5.79. The fourth-order valence-electron chi connectivity index (χ4n) is 3.65. The summed E-state index contributed by atoms with van der Waals surface area (Å²) < 4.78 is 1.85. The quantitative estimate of drug-likeness (QED) is 0.398. The van der Waals surface area contributed by atoms with E-state index < -0.39 is 0 Å². The van der Waals surface area contributed by atoms with E-state index in [2.05, 4.69) is 26.5 Å². The Hall–Kier alpha value is -3.67. The first kappa shape index (κ1) is 18.7. The van der Waals surface area contributed by atoms with Crippen molar-refractivity contribution in [3.05, 3.63) is 53.6 Å². The van der Waals surface area contributed by atoms with Gasteiger partial charge in [0, 0.05) is 55.3 Å². The molecule has 0 amide bonds. The Morgan fingerprint density at radius 1 is 1.38 bits per heavy atom. The molecule has 1 aliphatic rings. The number of likely N-dealkylation sites (tertiary alicyclic amines) is 1. The standard InChI is InChI=1S/C20H23N9/c1-14-10-26-29-18(24-12-15-3-2-6-23-11-15)9-17(27-19(14)29)16-4-7-28(8-5-16)20(22)25-13-21/h2-3,6,9-11,16,24H,4-5,7-8,12H2,1H3,(H2,22,25). The van der Waals surface area contributed by atoms with Crippen molar-refractivity contribution >= 4 is 17.4 Å². The van der Waals surface area contributed by atoms with Gasteiger partial charge >= 0.3 is 0 Å². The topological polar surface area (TPSA) is 121 Å². The van der Waals surface area contributed by atoms with Gasteiger partial charge in [0.05, 0.1) is 6.20 Å². The summed E-state index contributed by atoms with van der Waals surface area (Å²) in [5.74, 6) is 1.52. The maximum Gasteiger partial charge on any atom is 0.209 e. The fourth-order valence-corrected chi connectivity index (χ4v) is 3.65. The molecule has 3 N–H and O–H groups in total. The van der Waals surface area contributed by atoms with Crippen molar-refractivity contribution in [1.29, 1.82) is 5.26 Å². The van der Waals surface area contributed by atoms with E-state index in [9.17, 15) is 0 Å². The molecule has 0 radical (unpaired) electrons. The predicted molar refractivity (Wildman–Crippen MR) is 110 cm³/mol. The number of nitrogens with one attached hydrogen (secondary N) is 1. The van der Waals surface area contributed by atoms with Crippen LogP contribution >= 0.6 is 0 Å². The van der Waals surface area contributed by atoms with E-state index in [1.54, 1.807) is 12.4 Å². The number of nitrogens with two attached hydrogens (primary N) is 1. The van der Waals surface area contributed by atoms with Crippen LogP contribution in [0.1, 0.15) is 35.6 Å². The Morgan fingerprint density at radius 3 is 2.93 bits per heavy atom. The highest BCUT2D eigenvalue weighted by atomic mass is 15.3. The van der Waals surface area contributed by atoms with Gasteiger partial charge in [-0.2, -0.15) is 14.9 Å². The first-order valence-corrected chi connectivity index (χ1v) is 9.61. The van der Waals surface area contributed by atoms with Crippen molar-refractivity contribution < 1.29 is 0 Å².